The topological polar surface area (TPSA) is 172 Å². The van der Waals surface area contributed by atoms with Crippen LogP contribution in [-0.2, 0) is 33.3 Å². The van der Waals surface area contributed by atoms with Crippen LogP contribution in [0.1, 0.15) is 33.1 Å². The van der Waals surface area contributed by atoms with E-state index in [-0.39, 0.29) is 30.3 Å². The van der Waals surface area contributed by atoms with Crippen molar-refractivity contribution < 1.29 is 54.1 Å². The molecule has 3 saturated heterocycles. The largest absolute Gasteiger partial charge is 0.463 e. The molecule has 5 N–H and O–H groups in total. The van der Waals surface area contributed by atoms with E-state index < -0.39 is 58.8 Å². The molecule has 0 aromatic carbocycles. The van der Waals surface area contributed by atoms with Crippen LogP contribution in [0, 0.1) is 22.7 Å². The number of methoxy groups -OCH3 is 2. The van der Waals surface area contributed by atoms with E-state index in [1.54, 1.807) is 6.08 Å². The summed E-state index contributed by atoms with van der Waals surface area (Å²) >= 11 is 0. The molecule has 0 unspecified atom stereocenters. The summed E-state index contributed by atoms with van der Waals surface area (Å²) in [6.45, 7) is 3.89. The molecule has 0 amide bonds. The van der Waals surface area contributed by atoms with Gasteiger partial charge in [0, 0.05) is 36.5 Å². The SMILES string of the molecule is CO[C@@H]1O[C@H](OC)[C@](O)([C@@H]2C[C@]3(C)C(=CC[C@]4(C)[C@H]3C[C@H]3COC(=O)[C@]34O)C(=O)O2)[C@H]1O.O. The highest BCUT2D eigenvalue weighted by Crippen LogP contribution is 2.69. The second kappa shape index (κ2) is 7.45. The van der Waals surface area contributed by atoms with Gasteiger partial charge in [0.2, 0.25) is 0 Å². The van der Waals surface area contributed by atoms with E-state index in [1.165, 1.54) is 14.2 Å². The van der Waals surface area contributed by atoms with Crippen LogP contribution < -0.4 is 0 Å². The summed E-state index contributed by atoms with van der Waals surface area (Å²) < 4.78 is 26.7. The molecule has 0 radical (unpaired) electrons. The van der Waals surface area contributed by atoms with Crippen LogP contribution in [-0.4, -0.2) is 89.6 Å². The second-order valence-electron chi connectivity index (χ2n) is 10.2. The number of fused-ring (bicyclic) bond motifs is 5. The van der Waals surface area contributed by atoms with Gasteiger partial charge in [0.1, 0.15) is 12.2 Å². The van der Waals surface area contributed by atoms with Crippen LogP contribution in [0.3, 0.4) is 0 Å². The molecule has 4 fully saturated rings. The van der Waals surface area contributed by atoms with Crippen molar-refractivity contribution in [2.45, 2.75) is 69.1 Å². The first kappa shape index (κ1) is 24.5. The maximum Gasteiger partial charge on any atom is 0.339 e. The predicted molar refractivity (Wildman–Crippen MR) is 108 cm³/mol. The lowest BCUT2D eigenvalue weighted by Gasteiger charge is -2.55. The van der Waals surface area contributed by atoms with Crippen LogP contribution in [0.2, 0.25) is 0 Å². The molecule has 5 rings (SSSR count). The number of cyclic esters (lactones) is 2. The van der Waals surface area contributed by atoms with E-state index >= 15 is 0 Å². The zero-order valence-electron chi connectivity index (χ0n) is 19.1. The number of hydrogen-bond acceptors (Lipinski definition) is 10. The van der Waals surface area contributed by atoms with Gasteiger partial charge in [0.25, 0.3) is 0 Å². The maximum atomic E-state index is 13.1. The summed E-state index contributed by atoms with van der Waals surface area (Å²) in [7, 11) is 2.64. The van der Waals surface area contributed by atoms with Gasteiger partial charge in [-0.3, -0.25) is 0 Å². The Kier molecular flexibility index (Phi) is 5.53. The Morgan fingerprint density at radius 3 is 2.48 bits per heavy atom. The van der Waals surface area contributed by atoms with E-state index in [9.17, 15) is 24.9 Å². The average Bonchev–Trinajstić information content (AvgIpc) is 3.28. The molecule has 11 nitrogen and oxygen atoms in total. The quantitative estimate of drug-likeness (QED) is 0.424. The predicted octanol–water partition coefficient (Wildman–Crippen LogP) is -1.19. The van der Waals surface area contributed by atoms with E-state index in [2.05, 4.69) is 0 Å². The van der Waals surface area contributed by atoms with Gasteiger partial charge in [-0.05, 0) is 25.2 Å². The fourth-order valence-corrected chi connectivity index (χ4v) is 7.20. The first-order valence-electron chi connectivity index (χ1n) is 10.9. The number of aliphatic hydroxyl groups is 3. The van der Waals surface area contributed by atoms with Crippen LogP contribution in [0.5, 0.6) is 0 Å². The van der Waals surface area contributed by atoms with Crippen LogP contribution in [0.25, 0.3) is 0 Å². The van der Waals surface area contributed by atoms with Crippen LogP contribution in [0.15, 0.2) is 11.6 Å². The van der Waals surface area contributed by atoms with Crippen molar-refractivity contribution in [2.24, 2.45) is 22.7 Å². The minimum atomic E-state index is -2.07. The molecule has 0 spiro atoms. The summed E-state index contributed by atoms with van der Waals surface area (Å²) in [5.74, 6) is -1.85. The smallest absolute Gasteiger partial charge is 0.339 e. The minimum Gasteiger partial charge on any atom is -0.463 e. The molecule has 1 saturated carbocycles. The number of carbonyl (C=O) groups is 2. The van der Waals surface area contributed by atoms with Gasteiger partial charge in [-0.25, -0.2) is 9.59 Å². The lowest BCUT2D eigenvalue weighted by atomic mass is 9.51. The molecule has 33 heavy (non-hydrogen) atoms. The average molecular weight is 472 g/mol. The number of aliphatic hydroxyl groups excluding tert-OH is 1. The zero-order chi connectivity index (χ0) is 23.3. The van der Waals surface area contributed by atoms with Crippen molar-refractivity contribution in [3.05, 3.63) is 11.6 Å². The van der Waals surface area contributed by atoms with Gasteiger partial charge < -0.3 is 44.5 Å². The highest BCUT2D eigenvalue weighted by molar-refractivity contribution is 5.92. The van der Waals surface area contributed by atoms with Crippen molar-refractivity contribution in [1.82, 2.24) is 0 Å². The molecule has 186 valence electrons. The van der Waals surface area contributed by atoms with E-state index in [4.69, 9.17) is 23.7 Å². The fraction of sp³-hybridized carbons (Fsp3) is 0.818. The Bertz CT molecular complexity index is 886. The van der Waals surface area contributed by atoms with E-state index in [0.29, 0.717) is 18.4 Å². The van der Waals surface area contributed by atoms with Crippen molar-refractivity contribution in [3.8, 4) is 0 Å². The molecular weight excluding hydrogens is 440 g/mol. The molecule has 0 aromatic heterocycles. The van der Waals surface area contributed by atoms with Crippen molar-refractivity contribution >= 4 is 11.9 Å². The summed E-state index contributed by atoms with van der Waals surface area (Å²) in [5, 5.41) is 33.8. The maximum absolute atomic E-state index is 13.1. The lowest BCUT2D eigenvalue weighted by molar-refractivity contribution is -0.250. The second-order valence-corrected chi connectivity index (χ2v) is 10.2. The fourth-order valence-electron chi connectivity index (χ4n) is 7.20. The van der Waals surface area contributed by atoms with Gasteiger partial charge in [-0.1, -0.05) is 19.9 Å². The molecule has 10 atom stereocenters. The number of hydrogen-bond donors (Lipinski definition) is 3. The van der Waals surface area contributed by atoms with Crippen molar-refractivity contribution in [1.29, 1.82) is 0 Å². The molecular formula is C22H32O11. The summed E-state index contributed by atoms with van der Waals surface area (Å²) in [5.41, 5.74) is -4.93. The standard InChI is InChI=1S/C22H30O10.H2O/c1-19-8-13(21(26)14(23)16(28-3)32-18(21)29-4)31-15(24)11(19)5-6-20(2)12(19)7-10-9-30-17(25)22(10,20)27;/h5,10,12-14,16,18,23,26-27H,6-9H2,1-4H3;1H2/t10-,12-,13-,14-,16+,18-,19+,20+,21-,22+;/m0./s1. The molecule has 2 aliphatic carbocycles. The lowest BCUT2D eigenvalue weighted by Crippen LogP contribution is -2.64. The Hall–Kier alpha value is -1.60. The number of esters is 2. The Balaban J connectivity index is 0.00000259. The van der Waals surface area contributed by atoms with Gasteiger partial charge in [0.05, 0.1) is 6.61 Å². The van der Waals surface area contributed by atoms with Crippen LogP contribution >= 0.6 is 0 Å². The highest BCUT2D eigenvalue weighted by Gasteiger charge is 2.75. The zero-order valence-corrected chi connectivity index (χ0v) is 19.1. The van der Waals surface area contributed by atoms with Gasteiger partial charge in [-0.15, -0.1) is 0 Å². The van der Waals surface area contributed by atoms with Gasteiger partial charge in [-0.2, -0.15) is 0 Å². The summed E-state index contributed by atoms with van der Waals surface area (Å²) in [6.07, 6.45) is -2.44. The molecule has 0 bridgehead atoms. The van der Waals surface area contributed by atoms with E-state index in [1.807, 2.05) is 13.8 Å². The van der Waals surface area contributed by atoms with Crippen molar-refractivity contribution in [3.63, 3.8) is 0 Å². The van der Waals surface area contributed by atoms with Gasteiger partial charge in [0.15, 0.2) is 23.8 Å². The number of carbonyl (C=O) groups excluding carboxylic acids is 2. The number of allylic oxidation sites excluding steroid dienone is 1. The first-order chi connectivity index (χ1) is 15.0. The van der Waals surface area contributed by atoms with Crippen LogP contribution in [0.4, 0.5) is 0 Å². The highest BCUT2D eigenvalue weighted by atomic mass is 16.8. The molecule has 3 heterocycles. The molecule has 3 aliphatic heterocycles. The normalized spacial score (nSPS) is 52.8. The Labute approximate surface area is 190 Å². The minimum absolute atomic E-state index is 0. The Morgan fingerprint density at radius 2 is 1.85 bits per heavy atom. The third kappa shape index (κ3) is 2.69. The monoisotopic (exact) mass is 472 g/mol. The summed E-state index contributed by atoms with van der Waals surface area (Å²) in [4.78, 5) is 25.7. The number of ether oxygens (including phenoxy) is 5. The molecule has 5 aliphatic rings. The summed E-state index contributed by atoms with van der Waals surface area (Å²) in [6, 6.07) is 0. The third-order valence-electron chi connectivity index (χ3n) is 9.00. The Morgan fingerprint density at radius 1 is 1.15 bits per heavy atom. The third-order valence-corrected chi connectivity index (χ3v) is 9.00. The molecule has 0 aromatic rings. The molecule has 11 heteroatoms. The first-order valence-corrected chi connectivity index (χ1v) is 10.9. The number of rotatable bonds is 3. The van der Waals surface area contributed by atoms with E-state index in [0.717, 1.165) is 0 Å². The van der Waals surface area contributed by atoms with Gasteiger partial charge >= 0.3 is 11.9 Å². The van der Waals surface area contributed by atoms with Crippen molar-refractivity contribution in [2.75, 3.05) is 20.8 Å².